The predicted molar refractivity (Wildman–Crippen MR) is 119 cm³/mol. The summed E-state index contributed by atoms with van der Waals surface area (Å²) in [5.41, 5.74) is 2.44. The van der Waals surface area contributed by atoms with E-state index >= 15 is 0 Å². The second-order valence-electron chi connectivity index (χ2n) is 6.86. The Labute approximate surface area is 177 Å². The average molecular weight is 421 g/mol. The summed E-state index contributed by atoms with van der Waals surface area (Å²) in [4.78, 5) is 38.7. The van der Waals surface area contributed by atoms with E-state index in [1.54, 1.807) is 31.4 Å². The zero-order chi connectivity index (χ0) is 22.4. The molecule has 0 spiro atoms. The number of para-hydroxylation sites is 1. The zero-order valence-corrected chi connectivity index (χ0v) is 17.2. The third-order valence-electron chi connectivity index (χ3n) is 4.71. The van der Waals surface area contributed by atoms with Gasteiger partial charge in [0.15, 0.2) is 5.43 Å². The molecule has 8 heteroatoms. The van der Waals surface area contributed by atoms with E-state index in [4.69, 9.17) is 9.84 Å². The van der Waals surface area contributed by atoms with Crippen molar-refractivity contribution in [2.45, 2.75) is 13.3 Å². The van der Waals surface area contributed by atoms with Crippen LogP contribution in [0.4, 0.5) is 0 Å². The van der Waals surface area contributed by atoms with Gasteiger partial charge in [-0.1, -0.05) is 12.1 Å². The number of hydrogen-bond acceptors (Lipinski definition) is 4. The molecule has 1 amide bonds. The summed E-state index contributed by atoms with van der Waals surface area (Å²) in [7, 11) is 1.66. The fourth-order valence-electron chi connectivity index (χ4n) is 3.18. The minimum Gasteiger partial charge on any atom is -0.497 e. The minimum absolute atomic E-state index is 0.00224. The van der Waals surface area contributed by atoms with Gasteiger partial charge in [0, 0.05) is 47.5 Å². The van der Waals surface area contributed by atoms with E-state index in [9.17, 15) is 14.4 Å². The maximum absolute atomic E-state index is 11.4. The number of aromatic amines is 2. The van der Waals surface area contributed by atoms with Crippen LogP contribution in [0.1, 0.15) is 23.0 Å². The topological polar surface area (TPSA) is 124 Å². The number of ether oxygens (including phenoxy) is 1. The van der Waals surface area contributed by atoms with Gasteiger partial charge in [-0.2, -0.15) is 0 Å². The van der Waals surface area contributed by atoms with Crippen molar-refractivity contribution in [1.29, 1.82) is 0 Å². The molecule has 4 N–H and O–H groups in total. The molecule has 2 heterocycles. The van der Waals surface area contributed by atoms with Crippen molar-refractivity contribution in [1.82, 2.24) is 15.3 Å². The first-order chi connectivity index (χ1) is 14.9. The van der Waals surface area contributed by atoms with Crippen LogP contribution >= 0.6 is 0 Å². The third kappa shape index (κ3) is 5.30. The fourth-order valence-corrected chi connectivity index (χ4v) is 3.18. The molecule has 8 nitrogen and oxygen atoms in total. The molecule has 0 radical (unpaired) electrons. The smallest absolute Gasteiger partial charge is 0.352 e. The monoisotopic (exact) mass is 421 g/mol. The molecule has 0 saturated carbocycles. The highest BCUT2D eigenvalue weighted by Gasteiger charge is 2.07. The number of benzene rings is 2. The van der Waals surface area contributed by atoms with Crippen molar-refractivity contribution in [2.24, 2.45) is 0 Å². The van der Waals surface area contributed by atoms with Gasteiger partial charge < -0.3 is 25.1 Å². The number of carbonyl (C=O) groups excluding carboxylic acids is 1. The predicted octanol–water partition coefficient (Wildman–Crippen LogP) is 3.08. The standard InChI is InChI=1S/C13H16N2O2.C10H7NO3/c1-9(16)14-6-5-10-8-15-13-4-3-11(17-2)7-12(10)13;12-9-5-8(10(13)14)11-7-4-2-1-3-6(7)9/h3-4,7-8,15H,5-6H2,1-2H3,(H,14,16);1-5H,(H,11,12)(H,13,14). The quantitative estimate of drug-likeness (QED) is 0.394. The molecule has 31 heavy (non-hydrogen) atoms. The molecule has 0 atom stereocenters. The summed E-state index contributed by atoms with van der Waals surface area (Å²) in [6, 6.07) is 13.8. The Hall–Kier alpha value is -4.07. The summed E-state index contributed by atoms with van der Waals surface area (Å²) in [6.07, 6.45) is 2.79. The van der Waals surface area contributed by atoms with Gasteiger partial charge in [-0.05, 0) is 42.3 Å². The SMILES string of the molecule is COc1ccc2[nH]cc(CCNC(C)=O)c2c1.O=C(O)c1cc(=O)c2ccccc2[nH]1. The molecule has 0 aliphatic rings. The molecule has 0 bridgehead atoms. The second-order valence-corrected chi connectivity index (χ2v) is 6.86. The Balaban J connectivity index is 0.000000179. The molecular weight excluding hydrogens is 398 g/mol. The van der Waals surface area contributed by atoms with Crippen molar-refractivity contribution >= 4 is 33.7 Å². The summed E-state index contributed by atoms with van der Waals surface area (Å²) < 4.78 is 5.21. The molecule has 4 aromatic rings. The highest BCUT2D eigenvalue weighted by atomic mass is 16.5. The number of aromatic carboxylic acids is 1. The number of carboxylic acids is 1. The number of rotatable bonds is 5. The van der Waals surface area contributed by atoms with E-state index in [2.05, 4.69) is 15.3 Å². The molecular formula is C23H23N3O5. The van der Waals surface area contributed by atoms with Gasteiger partial charge in [-0.25, -0.2) is 4.79 Å². The van der Waals surface area contributed by atoms with Crippen LogP contribution in [-0.4, -0.2) is 40.6 Å². The molecule has 2 aromatic heterocycles. The van der Waals surface area contributed by atoms with Crippen LogP contribution < -0.4 is 15.5 Å². The van der Waals surface area contributed by atoms with E-state index in [0.29, 0.717) is 17.4 Å². The first-order valence-electron chi connectivity index (χ1n) is 9.63. The van der Waals surface area contributed by atoms with E-state index in [1.165, 1.54) is 12.5 Å². The Bertz CT molecular complexity index is 1290. The maximum Gasteiger partial charge on any atom is 0.352 e. The number of aromatic nitrogens is 2. The molecule has 0 unspecified atom stereocenters. The van der Waals surface area contributed by atoms with Gasteiger partial charge >= 0.3 is 5.97 Å². The lowest BCUT2D eigenvalue weighted by molar-refractivity contribution is -0.118. The Kier molecular flexibility index (Phi) is 6.71. The van der Waals surface area contributed by atoms with E-state index < -0.39 is 5.97 Å². The Morgan fingerprint density at radius 3 is 2.55 bits per heavy atom. The van der Waals surface area contributed by atoms with Gasteiger partial charge in [0.05, 0.1) is 7.11 Å². The fraction of sp³-hybridized carbons (Fsp3) is 0.174. The van der Waals surface area contributed by atoms with E-state index in [-0.39, 0.29) is 17.0 Å². The Morgan fingerprint density at radius 1 is 1.06 bits per heavy atom. The van der Waals surface area contributed by atoms with E-state index in [0.717, 1.165) is 29.1 Å². The average Bonchev–Trinajstić information content (AvgIpc) is 3.16. The van der Waals surface area contributed by atoms with Crippen LogP contribution in [0, 0.1) is 0 Å². The number of nitrogens with one attached hydrogen (secondary N) is 3. The number of H-pyrrole nitrogens is 2. The molecule has 0 aliphatic heterocycles. The van der Waals surface area contributed by atoms with Gasteiger partial charge in [-0.3, -0.25) is 9.59 Å². The van der Waals surface area contributed by atoms with Gasteiger partial charge in [-0.15, -0.1) is 0 Å². The molecule has 2 aromatic carbocycles. The number of fused-ring (bicyclic) bond motifs is 2. The number of amides is 1. The summed E-state index contributed by atoms with van der Waals surface area (Å²) in [5, 5.41) is 13.1. The number of hydrogen-bond donors (Lipinski definition) is 4. The molecule has 160 valence electrons. The largest absolute Gasteiger partial charge is 0.497 e. The lowest BCUT2D eigenvalue weighted by atomic mass is 10.1. The minimum atomic E-state index is -1.13. The van der Waals surface area contributed by atoms with Gasteiger partial charge in [0.25, 0.3) is 0 Å². The lowest BCUT2D eigenvalue weighted by Gasteiger charge is -2.03. The van der Waals surface area contributed by atoms with Crippen molar-refractivity contribution in [3.8, 4) is 5.75 Å². The van der Waals surface area contributed by atoms with Crippen LogP contribution in [0.3, 0.4) is 0 Å². The van der Waals surface area contributed by atoms with Crippen molar-refractivity contribution in [3.63, 3.8) is 0 Å². The molecule has 4 rings (SSSR count). The summed E-state index contributed by atoms with van der Waals surface area (Å²) in [6.45, 7) is 2.18. The number of pyridine rings is 1. The van der Waals surface area contributed by atoms with E-state index in [1.807, 2.05) is 24.4 Å². The highest BCUT2D eigenvalue weighted by Crippen LogP contribution is 2.23. The van der Waals surface area contributed by atoms with Crippen molar-refractivity contribution < 1.29 is 19.4 Å². The van der Waals surface area contributed by atoms with Crippen LogP contribution in [0.2, 0.25) is 0 Å². The summed E-state index contributed by atoms with van der Waals surface area (Å²) >= 11 is 0. The van der Waals surface area contributed by atoms with Gasteiger partial charge in [0.1, 0.15) is 11.4 Å². The molecule has 0 fully saturated rings. The van der Waals surface area contributed by atoms with Gasteiger partial charge in [0.2, 0.25) is 5.91 Å². The number of methoxy groups -OCH3 is 1. The molecule has 0 aliphatic carbocycles. The third-order valence-corrected chi connectivity index (χ3v) is 4.71. The zero-order valence-electron chi connectivity index (χ0n) is 17.2. The Morgan fingerprint density at radius 2 is 1.84 bits per heavy atom. The van der Waals surface area contributed by atoms with Crippen LogP contribution in [-0.2, 0) is 11.2 Å². The maximum atomic E-state index is 11.4. The van der Waals surface area contributed by atoms with Crippen LogP contribution in [0.15, 0.2) is 59.5 Å². The van der Waals surface area contributed by atoms with Crippen LogP contribution in [0.5, 0.6) is 5.75 Å². The van der Waals surface area contributed by atoms with Crippen molar-refractivity contribution in [3.05, 3.63) is 76.2 Å². The number of carbonyl (C=O) groups is 2. The normalized spacial score (nSPS) is 10.4. The first kappa shape index (κ1) is 21.6. The second kappa shape index (κ2) is 9.62. The summed E-state index contributed by atoms with van der Waals surface area (Å²) in [5.74, 6) is -0.284. The number of carboxylic acid groups (broad SMARTS) is 1. The first-order valence-corrected chi connectivity index (χ1v) is 9.63. The highest BCUT2D eigenvalue weighted by molar-refractivity contribution is 5.89. The van der Waals surface area contributed by atoms with Crippen molar-refractivity contribution in [2.75, 3.05) is 13.7 Å². The van der Waals surface area contributed by atoms with Crippen LogP contribution in [0.25, 0.3) is 21.8 Å². The molecule has 0 saturated heterocycles. The lowest BCUT2D eigenvalue weighted by Crippen LogP contribution is -2.22.